The number of likely N-dealkylation sites (N-methyl/N-ethyl adjacent to an activating group) is 1. The van der Waals surface area contributed by atoms with Crippen LogP contribution in [0.15, 0.2) is 24.3 Å². The van der Waals surface area contributed by atoms with Crippen LogP contribution in [0.2, 0.25) is 5.02 Å². The summed E-state index contributed by atoms with van der Waals surface area (Å²) >= 11 is 5.95. The van der Waals surface area contributed by atoms with E-state index in [1.165, 1.54) is 6.42 Å². The Hall–Kier alpha value is -1.59. The molecule has 24 heavy (non-hydrogen) atoms. The summed E-state index contributed by atoms with van der Waals surface area (Å²) in [7, 11) is 1.71. The first-order chi connectivity index (χ1) is 11.6. The van der Waals surface area contributed by atoms with Crippen molar-refractivity contribution >= 4 is 23.4 Å². The van der Waals surface area contributed by atoms with Crippen LogP contribution in [0.1, 0.15) is 43.7 Å². The Morgan fingerprint density at radius 3 is 2.54 bits per heavy atom. The molecule has 3 rings (SSSR count). The summed E-state index contributed by atoms with van der Waals surface area (Å²) in [6.07, 6.45) is 4.86. The van der Waals surface area contributed by atoms with E-state index in [4.69, 9.17) is 16.3 Å². The summed E-state index contributed by atoms with van der Waals surface area (Å²) in [6, 6.07) is 6.98. The molecule has 1 aromatic carbocycles. The molecular weight excluding hydrogens is 328 g/mol. The topological polar surface area (TPSA) is 58.6 Å². The van der Waals surface area contributed by atoms with Crippen molar-refractivity contribution in [1.29, 1.82) is 0 Å². The van der Waals surface area contributed by atoms with E-state index in [-0.39, 0.29) is 24.5 Å². The van der Waals surface area contributed by atoms with Crippen LogP contribution in [-0.2, 0) is 14.3 Å². The van der Waals surface area contributed by atoms with Crippen LogP contribution < -0.4 is 5.32 Å². The Bertz CT molecular complexity index is 599. The number of carbonyl (C=O) groups excluding carboxylic acids is 2. The summed E-state index contributed by atoms with van der Waals surface area (Å²) in [5.74, 6) is -0.266. The number of nitrogens with zero attached hydrogens (tertiary/aromatic N) is 1. The fraction of sp³-hybridized carbons (Fsp3) is 0.556. The van der Waals surface area contributed by atoms with Crippen molar-refractivity contribution in [3.05, 3.63) is 34.9 Å². The molecule has 0 bridgehead atoms. The summed E-state index contributed by atoms with van der Waals surface area (Å²) in [5, 5.41) is 3.73. The minimum Gasteiger partial charge on any atom is -0.356 e. The average Bonchev–Trinajstić information content (AvgIpc) is 2.59. The van der Waals surface area contributed by atoms with Gasteiger partial charge in [-0.3, -0.25) is 9.59 Å². The molecule has 2 atom stereocenters. The van der Waals surface area contributed by atoms with Gasteiger partial charge in [0.1, 0.15) is 6.61 Å². The van der Waals surface area contributed by atoms with Crippen LogP contribution in [0.3, 0.4) is 0 Å². The lowest BCUT2D eigenvalue weighted by atomic mass is 9.94. The number of rotatable bonds is 3. The molecule has 0 aromatic heterocycles. The van der Waals surface area contributed by atoms with Gasteiger partial charge in [-0.1, -0.05) is 43.0 Å². The van der Waals surface area contributed by atoms with Crippen LogP contribution in [-0.4, -0.2) is 42.5 Å². The zero-order valence-electron chi connectivity index (χ0n) is 13.8. The van der Waals surface area contributed by atoms with Gasteiger partial charge in [-0.05, 0) is 30.5 Å². The van der Waals surface area contributed by atoms with Crippen molar-refractivity contribution in [2.75, 3.05) is 13.7 Å². The Balaban J connectivity index is 1.79. The molecule has 2 fully saturated rings. The average molecular weight is 351 g/mol. The molecule has 2 aliphatic rings. The first-order valence-corrected chi connectivity index (χ1v) is 8.87. The number of ether oxygens (including phenoxy) is 1. The maximum absolute atomic E-state index is 12.8. The van der Waals surface area contributed by atoms with E-state index in [0.29, 0.717) is 5.02 Å². The standard InChI is InChI=1S/C18H23ClN2O3/c1-21-15(22)11-24-17(16(21)12-7-9-13(19)10-8-12)18(23)20-14-5-3-2-4-6-14/h7-10,14,16-17H,2-6,11H2,1H3,(H,20,23). The molecule has 0 radical (unpaired) electrons. The highest BCUT2D eigenvalue weighted by atomic mass is 35.5. The number of nitrogens with one attached hydrogen (secondary N) is 1. The third-order valence-electron chi connectivity index (χ3n) is 4.91. The molecule has 2 unspecified atom stereocenters. The van der Waals surface area contributed by atoms with Gasteiger partial charge in [0.15, 0.2) is 6.10 Å². The van der Waals surface area contributed by atoms with Gasteiger partial charge < -0.3 is 15.0 Å². The van der Waals surface area contributed by atoms with Gasteiger partial charge in [0.2, 0.25) is 5.91 Å². The largest absolute Gasteiger partial charge is 0.356 e. The van der Waals surface area contributed by atoms with E-state index >= 15 is 0 Å². The monoisotopic (exact) mass is 350 g/mol. The van der Waals surface area contributed by atoms with E-state index < -0.39 is 12.1 Å². The zero-order chi connectivity index (χ0) is 17.1. The SMILES string of the molecule is CN1C(=O)COC(C(=O)NC2CCCCC2)C1c1ccc(Cl)cc1. The molecule has 2 amide bonds. The van der Waals surface area contributed by atoms with Crippen molar-refractivity contribution in [2.45, 2.75) is 50.3 Å². The number of benzene rings is 1. The second-order valence-corrected chi connectivity index (χ2v) is 7.01. The molecule has 130 valence electrons. The minimum atomic E-state index is -0.698. The lowest BCUT2D eigenvalue weighted by Crippen LogP contribution is -2.54. The number of carbonyl (C=O) groups is 2. The molecule has 5 nitrogen and oxygen atoms in total. The number of morpholine rings is 1. The molecule has 1 heterocycles. The van der Waals surface area contributed by atoms with Crippen LogP contribution in [0.25, 0.3) is 0 Å². The van der Waals surface area contributed by atoms with Gasteiger partial charge >= 0.3 is 0 Å². The summed E-state index contributed by atoms with van der Waals surface area (Å²) in [4.78, 5) is 26.4. The number of halogens is 1. The molecule has 0 spiro atoms. The van der Waals surface area contributed by atoms with Gasteiger partial charge in [0.25, 0.3) is 5.91 Å². The Morgan fingerprint density at radius 2 is 1.88 bits per heavy atom. The molecular formula is C18H23ClN2O3. The highest BCUT2D eigenvalue weighted by Gasteiger charge is 2.40. The number of hydrogen-bond donors (Lipinski definition) is 1. The number of amides is 2. The maximum Gasteiger partial charge on any atom is 0.251 e. The zero-order valence-corrected chi connectivity index (χ0v) is 14.6. The van der Waals surface area contributed by atoms with Crippen molar-refractivity contribution in [3.63, 3.8) is 0 Å². The molecule has 1 aliphatic carbocycles. The minimum absolute atomic E-state index is 0.0661. The fourth-order valence-electron chi connectivity index (χ4n) is 3.52. The van der Waals surface area contributed by atoms with Crippen LogP contribution in [0.4, 0.5) is 0 Å². The van der Waals surface area contributed by atoms with Gasteiger partial charge in [-0.2, -0.15) is 0 Å². The van der Waals surface area contributed by atoms with Crippen LogP contribution in [0, 0.1) is 0 Å². The first kappa shape index (κ1) is 17.2. The third kappa shape index (κ3) is 3.73. The molecule has 1 aromatic rings. The van der Waals surface area contributed by atoms with Gasteiger partial charge in [0.05, 0.1) is 6.04 Å². The van der Waals surface area contributed by atoms with Gasteiger partial charge in [0, 0.05) is 18.1 Å². The normalized spacial score (nSPS) is 25.6. The predicted molar refractivity (Wildman–Crippen MR) is 91.7 cm³/mol. The van der Waals surface area contributed by atoms with Crippen LogP contribution in [0.5, 0.6) is 0 Å². The van der Waals surface area contributed by atoms with E-state index in [9.17, 15) is 9.59 Å². The Morgan fingerprint density at radius 1 is 1.21 bits per heavy atom. The molecule has 1 saturated carbocycles. The Kier molecular flexibility index (Phi) is 5.41. The molecule has 1 N–H and O–H groups in total. The van der Waals surface area contributed by atoms with E-state index in [1.54, 1.807) is 24.1 Å². The third-order valence-corrected chi connectivity index (χ3v) is 5.16. The smallest absolute Gasteiger partial charge is 0.251 e. The van der Waals surface area contributed by atoms with Crippen molar-refractivity contribution in [3.8, 4) is 0 Å². The predicted octanol–water partition coefficient (Wildman–Crippen LogP) is 2.69. The second-order valence-electron chi connectivity index (χ2n) is 6.58. The summed E-state index contributed by atoms with van der Waals surface area (Å²) in [6.45, 7) is -0.0661. The molecule has 1 saturated heterocycles. The van der Waals surface area contributed by atoms with Gasteiger partial charge in [-0.15, -0.1) is 0 Å². The van der Waals surface area contributed by atoms with Crippen molar-refractivity contribution in [2.24, 2.45) is 0 Å². The molecule has 1 aliphatic heterocycles. The lowest BCUT2D eigenvalue weighted by molar-refractivity contribution is -0.162. The summed E-state index contributed by atoms with van der Waals surface area (Å²) in [5.41, 5.74) is 0.846. The van der Waals surface area contributed by atoms with Gasteiger partial charge in [-0.25, -0.2) is 0 Å². The Labute approximate surface area is 147 Å². The fourth-order valence-corrected chi connectivity index (χ4v) is 3.65. The highest BCUT2D eigenvalue weighted by Crippen LogP contribution is 2.30. The number of hydrogen-bond acceptors (Lipinski definition) is 3. The first-order valence-electron chi connectivity index (χ1n) is 8.49. The highest BCUT2D eigenvalue weighted by molar-refractivity contribution is 6.30. The van der Waals surface area contributed by atoms with E-state index in [2.05, 4.69) is 5.32 Å². The second kappa shape index (κ2) is 7.53. The maximum atomic E-state index is 12.8. The van der Waals surface area contributed by atoms with E-state index in [1.807, 2.05) is 12.1 Å². The lowest BCUT2D eigenvalue weighted by Gasteiger charge is -2.39. The summed E-state index contributed by atoms with van der Waals surface area (Å²) < 4.78 is 5.63. The quantitative estimate of drug-likeness (QED) is 0.911. The van der Waals surface area contributed by atoms with Crippen molar-refractivity contribution in [1.82, 2.24) is 10.2 Å². The van der Waals surface area contributed by atoms with Crippen LogP contribution >= 0.6 is 11.6 Å². The van der Waals surface area contributed by atoms with E-state index in [0.717, 1.165) is 31.2 Å². The molecule has 6 heteroatoms. The van der Waals surface area contributed by atoms with Crippen molar-refractivity contribution < 1.29 is 14.3 Å².